The molecule has 2 aromatic carbocycles. The van der Waals surface area contributed by atoms with E-state index in [1.807, 2.05) is 12.1 Å². The maximum absolute atomic E-state index is 9.95. The molecule has 0 heterocycles. The molecule has 15 heavy (non-hydrogen) atoms. The molecule has 2 aromatic rings. The molecule has 0 radical (unpaired) electrons. The van der Waals surface area contributed by atoms with Crippen LogP contribution in [0.1, 0.15) is 24.0 Å². The highest BCUT2D eigenvalue weighted by molar-refractivity contribution is 5.88. The van der Waals surface area contributed by atoms with Gasteiger partial charge in [-0.25, -0.2) is 0 Å². The summed E-state index contributed by atoms with van der Waals surface area (Å²) < 4.78 is 0. The van der Waals surface area contributed by atoms with Gasteiger partial charge < -0.3 is 5.11 Å². The quantitative estimate of drug-likeness (QED) is 0.687. The van der Waals surface area contributed by atoms with Crippen LogP contribution < -0.4 is 0 Å². The summed E-state index contributed by atoms with van der Waals surface area (Å²) in [6, 6.07) is 10.2. The predicted octanol–water partition coefficient (Wildman–Crippen LogP) is 3.42. The molecule has 0 amide bonds. The lowest BCUT2D eigenvalue weighted by Crippen LogP contribution is -2.03. The maximum Gasteiger partial charge on any atom is 0.119 e. The summed E-state index contributed by atoms with van der Waals surface area (Å²) in [6.07, 6.45) is 4.61. The van der Waals surface area contributed by atoms with Crippen LogP contribution in [-0.2, 0) is 12.8 Å². The summed E-state index contributed by atoms with van der Waals surface area (Å²) >= 11 is 0. The van der Waals surface area contributed by atoms with Crippen molar-refractivity contribution >= 4 is 10.8 Å². The number of aromatic hydroxyl groups is 1. The minimum atomic E-state index is 0.489. The molecular weight excluding hydrogens is 184 g/mol. The van der Waals surface area contributed by atoms with Gasteiger partial charge >= 0.3 is 0 Å². The van der Waals surface area contributed by atoms with Gasteiger partial charge in [0.25, 0.3) is 0 Å². The van der Waals surface area contributed by atoms with Gasteiger partial charge in [0, 0.05) is 0 Å². The second kappa shape index (κ2) is 3.27. The number of hydrogen-bond donors (Lipinski definition) is 1. The third-order valence-corrected chi connectivity index (χ3v) is 3.36. The van der Waals surface area contributed by atoms with Gasteiger partial charge in [0.2, 0.25) is 0 Å². The van der Waals surface area contributed by atoms with Crippen molar-refractivity contribution in [1.82, 2.24) is 0 Å². The summed E-state index contributed by atoms with van der Waals surface area (Å²) in [4.78, 5) is 0. The Kier molecular flexibility index (Phi) is 1.91. The van der Waals surface area contributed by atoms with Crippen molar-refractivity contribution in [2.75, 3.05) is 0 Å². The van der Waals surface area contributed by atoms with Crippen LogP contribution in [0.4, 0.5) is 0 Å². The lowest BCUT2D eigenvalue weighted by molar-refractivity contribution is 0.463. The fourth-order valence-corrected chi connectivity index (χ4v) is 2.62. The van der Waals surface area contributed by atoms with Crippen LogP contribution in [0.15, 0.2) is 30.3 Å². The fourth-order valence-electron chi connectivity index (χ4n) is 2.62. The maximum atomic E-state index is 9.95. The van der Waals surface area contributed by atoms with E-state index in [2.05, 4.69) is 18.2 Å². The normalized spacial score (nSPS) is 15.2. The van der Waals surface area contributed by atoms with Crippen molar-refractivity contribution in [2.24, 2.45) is 0 Å². The van der Waals surface area contributed by atoms with E-state index in [0.717, 1.165) is 18.2 Å². The van der Waals surface area contributed by atoms with Crippen molar-refractivity contribution in [2.45, 2.75) is 25.7 Å². The SMILES string of the molecule is Oc1cc2ccccc2c2c1CCCC2. The number of phenols is 1. The predicted molar refractivity (Wildman–Crippen MR) is 62.3 cm³/mol. The molecule has 0 saturated carbocycles. The van der Waals surface area contributed by atoms with Crippen LogP contribution in [0, 0.1) is 0 Å². The second-order valence-electron chi connectivity index (χ2n) is 4.28. The van der Waals surface area contributed by atoms with Crippen molar-refractivity contribution in [3.05, 3.63) is 41.5 Å². The van der Waals surface area contributed by atoms with Crippen LogP contribution in [-0.4, -0.2) is 5.11 Å². The van der Waals surface area contributed by atoms with E-state index in [9.17, 15) is 5.11 Å². The zero-order valence-corrected chi connectivity index (χ0v) is 8.66. The van der Waals surface area contributed by atoms with Gasteiger partial charge in [-0.3, -0.25) is 0 Å². The molecule has 0 saturated heterocycles. The van der Waals surface area contributed by atoms with Crippen LogP contribution in [0.3, 0.4) is 0 Å². The molecule has 0 atom stereocenters. The first kappa shape index (κ1) is 8.78. The van der Waals surface area contributed by atoms with Crippen LogP contribution >= 0.6 is 0 Å². The van der Waals surface area contributed by atoms with Crippen molar-refractivity contribution in [3.8, 4) is 5.75 Å². The van der Waals surface area contributed by atoms with Gasteiger partial charge in [-0.05, 0) is 53.6 Å². The molecule has 1 aliphatic rings. The third kappa shape index (κ3) is 1.30. The van der Waals surface area contributed by atoms with Crippen molar-refractivity contribution in [3.63, 3.8) is 0 Å². The molecule has 0 bridgehead atoms. The van der Waals surface area contributed by atoms with Crippen molar-refractivity contribution < 1.29 is 5.11 Å². The Morgan fingerprint density at radius 1 is 0.933 bits per heavy atom. The Balaban J connectivity index is 2.39. The molecule has 0 aliphatic heterocycles. The summed E-state index contributed by atoms with van der Waals surface area (Å²) in [5, 5.41) is 12.4. The number of phenolic OH excluding ortho intramolecular Hbond substituents is 1. The summed E-state index contributed by atoms with van der Waals surface area (Å²) in [5.41, 5.74) is 2.55. The standard InChI is InChI=1S/C14H14O/c15-14-9-10-5-1-2-6-11(10)12-7-3-4-8-13(12)14/h1-2,5-6,9,15H,3-4,7-8H2. The molecule has 3 rings (SSSR count). The summed E-state index contributed by atoms with van der Waals surface area (Å²) in [7, 11) is 0. The molecule has 1 heteroatoms. The topological polar surface area (TPSA) is 20.2 Å². The lowest BCUT2D eigenvalue weighted by Gasteiger charge is -2.19. The second-order valence-corrected chi connectivity index (χ2v) is 4.28. The molecule has 1 nitrogen and oxygen atoms in total. The van der Waals surface area contributed by atoms with Crippen LogP contribution in [0.5, 0.6) is 5.75 Å². The van der Waals surface area contributed by atoms with Gasteiger partial charge in [0.15, 0.2) is 0 Å². The number of aryl methyl sites for hydroxylation is 1. The minimum absolute atomic E-state index is 0.489. The van der Waals surface area contributed by atoms with Crippen LogP contribution in [0.25, 0.3) is 10.8 Å². The summed E-state index contributed by atoms with van der Waals surface area (Å²) in [5.74, 6) is 0.489. The van der Waals surface area contributed by atoms with E-state index in [-0.39, 0.29) is 0 Å². The smallest absolute Gasteiger partial charge is 0.119 e. The average molecular weight is 198 g/mol. The Labute approximate surface area is 89.4 Å². The molecule has 1 N–H and O–H groups in total. The molecule has 1 aliphatic carbocycles. The molecule has 0 aromatic heterocycles. The number of hydrogen-bond acceptors (Lipinski definition) is 1. The van der Waals surface area contributed by atoms with E-state index in [1.165, 1.54) is 29.4 Å². The Morgan fingerprint density at radius 2 is 1.67 bits per heavy atom. The first-order valence-corrected chi connectivity index (χ1v) is 5.59. The summed E-state index contributed by atoms with van der Waals surface area (Å²) in [6.45, 7) is 0. The van der Waals surface area contributed by atoms with Gasteiger partial charge in [-0.2, -0.15) is 0 Å². The minimum Gasteiger partial charge on any atom is -0.508 e. The lowest BCUT2D eigenvalue weighted by atomic mass is 9.87. The van der Waals surface area contributed by atoms with E-state index in [4.69, 9.17) is 0 Å². The molecule has 0 unspecified atom stereocenters. The number of rotatable bonds is 0. The Bertz CT molecular complexity index is 514. The Hall–Kier alpha value is -1.50. The van der Waals surface area contributed by atoms with Gasteiger partial charge in [-0.15, -0.1) is 0 Å². The molecule has 0 spiro atoms. The molecular formula is C14H14O. The molecule has 0 fully saturated rings. The van der Waals surface area contributed by atoms with Gasteiger partial charge in [0.05, 0.1) is 0 Å². The molecule has 76 valence electrons. The van der Waals surface area contributed by atoms with Crippen molar-refractivity contribution in [1.29, 1.82) is 0 Å². The highest BCUT2D eigenvalue weighted by Crippen LogP contribution is 2.35. The first-order valence-electron chi connectivity index (χ1n) is 5.59. The van der Waals surface area contributed by atoms with Gasteiger partial charge in [-0.1, -0.05) is 24.3 Å². The monoisotopic (exact) mass is 198 g/mol. The van der Waals surface area contributed by atoms with E-state index in [0.29, 0.717) is 5.75 Å². The van der Waals surface area contributed by atoms with E-state index < -0.39 is 0 Å². The van der Waals surface area contributed by atoms with E-state index >= 15 is 0 Å². The van der Waals surface area contributed by atoms with E-state index in [1.54, 1.807) is 0 Å². The highest BCUT2D eigenvalue weighted by atomic mass is 16.3. The zero-order chi connectivity index (χ0) is 10.3. The fraction of sp³-hybridized carbons (Fsp3) is 0.286. The average Bonchev–Trinajstić information content (AvgIpc) is 2.30. The zero-order valence-electron chi connectivity index (χ0n) is 8.66. The number of fused-ring (bicyclic) bond motifs is 3. The third-order valence-electron chi connectivity index (χ3n) is 3.36. The number of benzene rings is 2. The van der Waals surface area contributed by atoms with Crippen LogP contribution in [0.2, 0.25) is 0 Å². The van der Waals surface area contributed by atoms with Gasteiger partial charge in [0.1, 0.15) is 5.75 Å². The largest absolute Gasteiger partial charge is 0.508 e. The first-order chi connectivity index (χ1) is 7.36. The Morgan fingerprint density at radius 3 is 2.53 bits per heavy atom. The highest BCUT2D eigenvalue weighted by Gasteiger charge is 2.15.